The van der Waals surface area contributed by atoms with Gasteiger partial charge in [0.1, 0.15) is 5.82 Å². The summed E-state index contributed by atoms with van der Waals surface area (Å²) in [6.45, 7) is 4.00. The zero-order valence-electron chi connectivity index (χ0n) is 19.0. The zero-order chi connectivity index (χ0) is 23.3. The van der Waals surface area contributed by atoms with Gasteiger partial charge in [0.15, 0.2) is 0 Å². The van der Waals surface area contributed by atoms with Crippen molar-refractivity contribution in [1.82, 2.24) is 25.4 Å². The molecule has 1 aromatic carbocycles. The summed E-state index contributed by atoms with van der Waals surface area (Å²) in [4.78, 5) is 28.2. The Morgan fingerprint density at radius 1 is 1.09 bits per heavy atom. The number of carbonyl (C=O) groups is 1. The molecule has 3 aromatic heterocycles. The van der Waals surface area contributed by atoms with E-state index in [0.717, 1.165) is 48.4 Å². The third-order valence-corrected chi connectivity index (χ3v) is 6.11. The highest BCUT2D eigenvalue weighted by molar-refractivity contribution is 5.79. The van der Waals surface area contributed by atoms with Crippen molar-refractivity contribution in [2.45, 2.75) is 26.3 Å². The van der Waals surface area contributed by atoms with E-state index in [0.29, 0.717) is 18.3 Å². The van der Waals surface area contributed by atoms with Crippen LogP contribution in [0.3, 0.4) is 0 Å². The fourth-order valence-corrected chi connectivity index (χ4v) is 4.16. The molecule has 0 aliphatic carbocycles. The number of benzene rings is 1. The summed E-state index contributed by atoms with van der Waals surface area (Å²) in [6, 6.07) is 15.7. The summed E-state index contributed by atoms with van der Waals surface area (Å²) in [7, 11) is 0. The molecule has 0 unspecified atom stereocenters. The maximum absolute atomic E-state index is 12.7. The first-order valence-electron chi connectivity index (χ1n) is 11.4. The minimum atomic E-state index is -0.0170. The summed E-state index contributed by atoms with van der Waals surface area (Å²) in [5.74, 6) is 1.86. The van der Waals surface area contributed by atoms with Gasteiger partial charge in [0.05, 0.1) is 5.56 Å². The standard InChI is InChI=1S/C26H26N6O2/c1-18-6-8-20(9-7-18)23-30-26(34-31-23)22-5-3-13-28-24(22)32-14-10-21(11-15-32)25(33)29-17-19-4-2-12-27-16-19/h2-9,12-13,16,21H,10-11,14-15,17H2,1H3,(H,29,33). The van der Waals surface area contributed by atoms with Gasteiger partial charge in [-0.3, -0.25) is 9.78 Å². The van der Waals surface area contributed by atoms with Crippen molar-refractivity contribution >= 4 is 11.7 Å². The molecule has 4 heterocycles. The van der Waals surface area contributed by atoms with Gasteiger partial charge in [-0.25, -0.2) is 4.98 Å². The van der Waals surface area contributed by atoms with E-state index in [-0.39, 0.29) is 11.8 Å². The van der Waals surface area contributed by atoms with Crippen molar-refractivity contribution < 1.29 is 9.32 Å². The predicted molar refractivity (Wildman–Crippen MR) is 129 cm³/mol. The monoisotopic (exact) mass is 454 g/mol. The van der Waals surface area contributed by atoms with E-state index in [2.05, 4.69) is 30.3 Å². The molecule has 4 aromatic rings. The molecule has 1 saturated heterocycles. The van der Waals surface area contributed by atoms with Gasteiger partial charge < -0.3 is 14.7 Å². The van der Waals surface area contributed by atoms with E-state index in [1.165, 1.54) is 5.56 Å². The second kappa shape index (κ2) is 9.82. The molecule has 1 aliphatic rings. The van der Waals surface area contributed by atoms with Crippen LogP contribution in [0, 0.1) is 12.8 Å². The Morgan fingerprint density at radius 2 is 1.88 bits per heavy atom. The molecule has 5 rings (SSSR count). The maximum atomic E-state index is 12.7. The number of aryl methyl sites for hydroxylation is 1. The van der Waals surface area contributed by atoms with Crippen LogP contribution < -0.4 is 10.2 Å². The lowest BCUT2D eigenvalue weighted by Crippen LogP contribution is -2.40. The van der Waals surface area contributed by atoms with Crippen LogP contribution in [-0.2, 0) is 11.3 Å². The predicted octanol–water partition coefficient (Wildman–Crippen LogP) is 4.03. The number of carbonyl (C=O) groups excluding carboxylic acids is 1. The maximum Gasteiger partial charge on any atom is 0.261 e. The topological polar surface area (TPSA) is 97.0 Å². The molecule has 1 aliphatic heterocycles. The summed E-state index contributed by atoms with van der Waals surface area (Å²) in [5, 5.41) is 7.21. The Bertz CT molecular complexity index is 1250. The Labute approximate surface area is 198 Å². The minimum Gasteiger partial charge on any atom is -0.356 e. The third kappa shape index (κ3) is 4.80. The van der Waals surface area contributed by atoms with Gasteiger partial charge in [0, 0.05) is 49.7 Å². The minimum absolute atomic E-state index is 0.0170. The largest absolute Gasteiger partial charge is 0.356 e. The fraction of sp³-hybridized carbons (Fsp3) is 0.269. The Balaban J connectivity index is 1.25. The number of aromatic nitrogens is 4. The van der Waals surface area contributed by atoms with E-state index in [1.54, 1.807) is 18.6 Å². The first-order chi connectivity index (χ1) is 16.7. The summed E-state index contributed by atoms with van der Waals surface area (Å²) >= 11 is 0. The smallest absolute Gasteiger partial charge is 0.261 e. The van der Waals surface area contributed by atoms with Crippen LogP contribution >= 0.6 is 0 Å². The van der Waals surface area contributed by atoms with Gasteiger partial charge in [-0.05, 0) is 43.5 Å². The number of nitrogens with one attached hydrogen (secondary N) is 1. The highest BCUT2D eigenvalue weighted by Crippen LogP contribution is 2.32. The Hall–Kier alpha value is -4.07. The molecule has 0 radical (unpaired) electrons. The quantitative estimate of drug-likeness (QED) is 0.470. The number of hydrogen-bond donors (Lipinski definition) is 1. The van der Waals surface area contributed by atoms with Crippen LogP contribution in [0.25, 0.3) is 22.8 Å². The van der Waals surface area contributed by atoms with Crippen LogP contribution in [0.1, 0.15) is 24.0 Å². The highest BCUT2D eigenvalue weighted by Gasteiger charge is 2.27. The Morgan fingerprint density at radius 3 is 2.65 bits per heavy atom. The second-order valence-corrected chi connectivity index (χ2v) is 8.50. The molecule has 34 heavy (non-hydrogen) atoms. The van der Waals surface area contributed by atoms with Crippen molar-refractivity contribution in [2.75, 3.05) is 18.0 Å². The van der Waals surface area contributed by atoms with E-state index in [9.17, 15) is 4.79 Å². The van der Waals surface area contributed by atoms with Gasteiger partial charge in [0.25, 0.3) is 5.89 Å². The molecular formula is C26H26N6O2. The molecule has 0 saturated carbocycles. The molecule has 0 atom stereocenters. The average molecular weight is 455 g/mol. The lowest BCUT2D eigenvalue weighted by Gasteiger charge is -2.32. The van der Waals surface area contributed by atoms with E-state index >= 15 is 0 Å². The molecule has 1 N–H and O–H groups in total. The first kappa shape index (κ1) is 21.8. The summed E-state index contributed by atoms with van der Waals surface area (Å²) < 4.78 is 5.60. The van der Waals surface area contributed by atoms with Crippen molar-refractivity contribution in [2.24, 2.45) is 5.92 Å². The van der Waals surface area contributed by atoms with E-state index in [1.807, 2.05) is 55.5 Å². The number of hydrogen-bond acceptors (Lipinski definition) is 7. The third-order valence-electron chi connectivity index (χ3n) is 6.11. The van der Waals surface area contributed by atoms with Crippen molar-refractivity contribution in [3.8, 4) is 22.8 Å². The van der Waals surface area contributed by atoms with E-state index < -0.39 is 0 Å². The number of anilines is 1. The molecule has 8 heteroatoms. The summed E-state index contributed by atoms with van der Waals surface area (Å²) in [6.07, 6.45) is 6.78. The molecule has 1 amide bonds. The molecule has 0 spiro atoms. The lowest BCUT2D eigenvalue weighted by molar-refractivity contribution is -0.125. The Kier molecular flexibility index (Phi) is 6.29. The zero-order valence-corrected chi connectivity index (χ0v) is 19.0. The van der Waals surface area contributed by atoms with Crippen molar-refractivity contribution in [3.63, 3.8) is 0 Å². The number of nitrogens with zero attached hydrogens (tertiary/aromatic N) is 5. The number of pyridine rings is 2. The van der Waals surface area contributed by atoms with Gasteiger partial charge in [0.2, 0.25) is 11.7 Å². The molecular weight excluding hydrogens is 428 g/mol. The number of rotatable bonds is 6. The van der Waals surface area contributed by atoms with Crippen LogP contribution in [-0.4, -0.2) is 39.1 Å². The van der Waals surface area contributed by atoms with Crippen LogP contribution in [0.5, 0.6) is 0 Å². The van der Waals surface area contributed by atoms with Gasteiger partial charge in [-0.15, -0.1) is 0 Å². The summed E-state index contributed by atoms with van der Waals surface area (Å²) in [5.41, 5.74) is 3.88. The normalized spacial score (nSPS) is 14.2. The highest BCUT2D eigenvalue weighted by atomic mass is 16.5. The number of amides is 1. The van der Waals surface area contributed by atoms with Crippen LogP contribution in [0.2, 0.25) is 0 Å². The molecule has 8 nitrogen and oxygen atoms in total. The first-order valence-corrected chi connectivity index (χ1v) is 11.4. The second-order valence-electron chi connectivity index (χ2n) is 8.50. The van der Waals surface area contributed by atoms with Crippen LogP contribution in [0.15, 0.2) is 71.6 Å². The van der Waals surface area contributed by atoms with Crippen molar-refractivity contribution in [1.29, 1.82) is 0 Å². The van der Waals surface area contributed by atoms with Crippen LogP contribution in [0.4, 0.5) is 5.82 Å². The van der Waals surface area contributed by atoms with Gasteiger partial charge >= 0.3 is 0 Å². The van der Waals surface area contributed by atoms with Gasteiger partial charge in [-0.2, -0.15) is 4.98 Å². The molecule has 1 fully saturated rings. The SMILES string of the molecule is Cc1ccc(-c2noc(-c3cccnc3N3CCC(C(=O)NCc4cccnc4)CC3)n2)cc1. The average Bonchev–Trinajstić information content (AvgIpc) is 3.39. The lowest BCUT2D eigenvalue weighted by atomic mass is 9.95. The fourth-order valence-electron chi connectivity index (χ4n) is 4.16. The van der Waals surface area contributed by atoms with Crippen molar-refractivity contribution in [3.05, 3.63) is 78.2 Å². The molecule has 0 bridgehead atoms. The number of piperidine rings is 1. The van der Waals surface area contributed by atoms with Gasteiger partial charge in [-0.1, -0.05) is 41.1 Å². The van der Waals surface area contributed by atoms with E-state index in [4.69, 9.17) is 4.52 Å². The molecule has 172 valence electrons.